The van der Waals surface area contributed by atoms with Gasteiger partial charge in [0.25, 0.3) is 0 Å². The van der Waals surface area contributed by atoms with E-state index in [0.29, 0.717) is 35.7 Å². The Morgan fingerprint density at radius 2 is 1.89 bits per heavy atom. The summed E-state index contributed by atoms with van der Waals surface area (Å²) in [7, 11) is 1.22. The van der Waals surface area contributed by atoms with Gasteiger partial charge in [0.05, 0.1) is 52.8 Å². The van der Waals surface area contributed by atoms with Gasteiger partial charge in [0.1, 0.15) is 52.3 Å². The Labute approximate surface area is 310 Å². The number of methoxy groups -OCH3 is 1. The molecule has 2 unspecified atom stereocenters. The summed E-state index contributed by atoms with van der Waals surface area (Å²) in [6.07, 6.45) is -0.273. The van der Waals surface area contributed by atoms with Gasteiger partial charge >= 0.3 is 12.2 Å². The fraction of sp³-hybridized carbons (Fsp3) is 0.417. The van der Waals surface area contributed by atoms with Gasteiger partial charge in [0.15, 0.2) is 11.6 Å². The number of benzene rings is 1. The molecule has 0 aliphatic carbocycles. The Morgan fingerprint density at radius 3 is 2.56 bits per heavy atom. The van der Waals surface area contributed by atoms with Crippen molar-refractivity contribution >= 4 is 49.0 Å². The number of nitrogens with zero attached hydrogens (tertiary/aromatic N) is 7. The molecule has 3 atom stereocenters. The molecule has 11 nitrogen and oxygen atoms in total. The maximum Gasteiger partial charge on any atom is 0.420 e. The average Bonchev–Trinajstić information content (AvgIpc) is 3.80. The van der Waals surface area contributed by atoms with E-state index in [1.807, 2.05) is 13.8 Å². The zero-order valence-corrected chi connectivity index (χ0v) is 30.6. The Bertz CT molecular complexity index is 2230. The highest BCUT2D eigenvalue weighted by molar-refractivity contribution is 7.23. The molecule has 4 N–H and O–H groups in total. The van der Waals surface area contributed by atoms with Crippen LogP contribution in [0.2, 0.25) is 0 Å². The van der Waals surface area contributed by atoms with Crippen LogP contribution in [-0.2, 0) is 6.18 Å². The lowest BCUT2D eigenvalue weighted by Crippen LogP contribution is -2.31. The fourth-order valence-electron chi connectivity index (χ4n) is 7.29. The number of ether oxygens (including phenoxy) is 2. The van der Waals surface area contributed by atoms with Crippen molar-refractivity contribution in [2.75, 3.05) is 49.7 Å². The van der Waals surface area contributed by atoms with Gasteiger partial charge in [-0.15, -0.1) is 11.3 Å². The predicted octanol–water partition coefficient (Wildman–Crippen LogP) is 7.82. The third-order valence-corrected chi connectivity index (χ3v) is 10.6. The Balaban J connectivity index is 0.000000388. The van der Waals surface area contributed by atoms with Crippen LogP contribution in [0.4, 0.5) is 43.0 Å². The highest BCUT2D eigenvalue weighted by Crippen LogP contribution is 2.53. The van der Waals surface area contributed by atoms with E-state index < -0.39 is 58.1 Å². The van der Waals surface area contributed by atoms with Crippen molar-refractivity contribution in [1.29, 1.82) is 5.26 Å². The SMILES string of the molecule is CC.COc1nc2c3c(c(C(F)(F)F)c(-c4ncc(F)c5sc(N)c(C#N)c45)c(F)c3n1)OCCN2[C@H](C)c1cccnc1N.FC1CC2CCCN2C1. The lowest BCUT2D eigenvalue weighted by molar-refractivity contribution is -0.138. The molecule has 18 heteroatoms. The molecule has 3 aliphatic heterocycles. The summed E-state index contributed by atoms with van der Waals surface area (Å²) in [4.78, 5) is 20.2. The van der Waals surface area contributed by atoms with Crippen molar-refractivity contribution in [1.82, 2.24) is 24.8 Å². The molecule has 0 amide bonds. The number of aromatic nitrogens is 4. The third-order valence-electron chi connectivity index (χ3n) is 9.61. The molecule has 2 saturated heterocycles. The number of hydrogen-bond donors (Lipinski definition) is 2. The van der Waals surface area contributed by atoms with Crippen molar-refractivity contribution in [2.24, 2.45) is 0 Å². The molecule has 0 spiro atoms. The summed E-state index contributed by atoms with van der Waals surface area (Å²) >= 11 is 0.635. The largest absolute Gasteiger partial charge is 0.490 e. The minimum absolute atomic E-state index is 0.00634. The number of hydrogen-bond acceptors (Lipinski definition) is 12. The van der Waals surface area contributed by atoms with Crippen LogP contribution in [0.15, 0.2) is 24.5 Å². The number of fused-ring (bicyclic) bond motifs is 2. The second kappa shape index (κ2) is 15.3. The van der Waals surface area contributed by atoms with Crippen LogP contribution in [0, 0.1) is 23.0 Å². The summed E-state index contributed by atoms with van der Waals surface area (Å²) < 4.78 is 99.8. The zero-order valence-electron chi connectivity index (χ0n) is 29.8. The summed E-state index contributed by atoms with van der Waals surface area (Å²) in [5, 5.41) is 8.81. The summed E-state index contributed by atoms with van der Waals surface area (Å²) in [5.74, 6) is -3.07. The Morgan fingerprint density at radius 1 is 1.13 bits per heavy atom. The normalized spacial score (nSPS) is 18.5. The maximum absolute atomic E-state index is 16.7. The van der Waals surface area contributed by atoms with E-state index in [1.165, 1.54) is 26.1 Å². The van der Waals surface area contributed by atoms with Gasteiger partial charge in [-0.05, 0) is 38.8 Å². The highest BCUT2D eigenvalue weighted by atomic mass is 32.1. The van der Waals surface area contributed by atoms with Crippen LogP contribution in [0.25, 0.3) is 32.2 Å². The summed E-state index contributed by atoms with van der Waals surface area (Å²) in [6, 6.07) is 4.78. The van der Waals surface area contributed by atoms with E-state index >= 15 is 17.6 Å². The molecule has 4 aromatic heterocycles. The van der Waals surface area contributed by atoms with Crippen molar-refractivity contribution in [3.05, 3.63) is 52.9 Å². The minimum Gasteiger partial charge on any atom is -0.490 e. The molecular formula is C36H37F6N9O2S. The van der Waals surface area contributed by atoms with Gasteiger partial charge in [0, 0.05) is 29.7 Å². The number of halogens is 6. The molecule has 3 aliphatic rings. The first kappa shape index (κ1) is 38.6. The number of nitriles is 1. The monoisotopic (exact) mass is 773 g/mol. The third kappa shape index (κ3) is 6.74. The van der Waals surface area contributed by atoms with E-state index in [0.717, 1.165) is 13.0 Å². The van der Waals surface area contributed by atoms with Gasteiger partial charge in [-0.2, -0.15) is 28.4 Å². The Kier molecular flexibility index (Phi) is 10.9. The van der Waals surface area contributed by atoms with E-state index in [-0.39, 0.29) is 56.8 Å². The number of nitrogen functional groups attached to an aromatic ring is 2. The molecular weight excluding hydrogens is 737 g/mol. The van der Waals surface area contributed by atoms with E-state index in [4.69, 9.17) is 20.9 Å². The number of anilines is 3. The van der Waals surface area contributed by atoms with Crippen molar-refractivity contribution in [3.63, 3.8) is 0 Å². The molecule has 7 heterocycles. The summed E-state index contributed by atoms with van der Waals surface area (Å²) in [5.41, 5.74) is 8.34. The second-order valence-electron chi connectivity index (χ2n) is 12.6. The highest BCUT2D eigenvalue weighted by Gasteiger charge is 2.44. The van der Waals surface area contributed by atoms with Crippen molar-refractivity contribution in [3.8, 4) is 29.1 Å². The van der Waals surface area contributed by atoms with Gasteiger partial charge in [0.2, 0.25) is 0 Å². The standard InChI is InChI=1S/C27H19F5N8O2S.C7H12FN.C2H6/c1-10(11-4-3-5-36-23(11)34)40-6-7-42-21-16-20(38-26(41-2)39-25(16)40)18(29)15(17(21)27(30,31)32)19-14-12(8-33)24(35)43-22(14)13(28)9-37-19;8-6-4-7-2-1-3-9(7)5-6;1-2/h3-5,9-10H,6-7,35H2,1-2H3,(H2,34,36);6-7H,1-5H2;1-2H3/t10-;;/m1../s1. The van der Waals surface area contributed by atoms with Gasteiger partial charge < -0.3 is 25.8 Å². The number of alkyl halides is 4. The van der Waals surface area contributed by atoms with Crippen molar-refractivity contribution in [2.45, 2.75) is 64.5 Å². The topological polar surface area (TPSA) is 152 Å². The molecule has 54 heavy (non-hydrogen) atoms. The molecule has 2 fully saturated rings. The summed E-state index contributed by atoms with van der Waals surface area (Å²) in [6.45, 7) is 7.31. The molecule has 1 aromatic carbocycles. The molecule has 0 radical (unpaired) electrons. The number of rotatable bonds is 4. The first-order valence-electron chi connectivity index (χ1n) is 17.3. The Hall–Kier alpha value is -5.15. The van der Waals surface area contributed by atoms with E-state index in [9.17, 15) is 14.0 Å². The van der Waals surface area contributed by atoms with Crippen molar-refractivity contribution < 1.29 is 35.8 Å². The molecule has 5 aromatic rings. The van der Waals surface area contributed by atoms with E-state index in [1.54, 1.807) is 30.0 Å². The molecule has 286 valence electrons. The average molecular weight is 774 g/mol. The van der Waals surface area contributed by atoms with Crippen LogP contribution in [0.5, 0.6) is 11.8 Å². The van der Waals surface area contributed by atoms with Gasteiger partial charge in [-0.1, -0.05) is 19.9 Å². The zero-order chi connectivity index (χ0) is 39.1. The lowest BCUT2D eigenvalue weighted by atomic mass is 9.95. The number of pyridine rings is 2. The molecule has 8 rings (SSSR count). The van der Waals surface area contributed by atoms with Crippen LogP contribution < -0.4 is 25.8 Å². The first-order chi connectivity index (χ1) is 25.8. The minimum atomic E-state index is -5.22. The van der Waals surface area contributed by atoms with Crippen LogP contribution in [0.1, 0.15) is 62.8 Å². The lowest BCUT2D eigenvalue weighted by Gasteiger charge is -2.30. The van der Waals surface area contributed by atoms with Crippen LogP contribution in [-0.4, -0.2) is 70.4 Å². The quantitative estimate of drug-likeness (QED) is 0.172. The van der Waals surface area contributed by atoms with Gasteiger partial charge in [-0.25, -0.2) is 18.2 Å². The maximum atomic E-state index is 16.7. The fourth-order valence-corrected chi connectivity index (χ4v) is 8.22. The predicted molar refractivity (Wildman–Crippen MR) is 194 cm³/mol. The van der Waals surface area contributed by atoms with Gasteiger partial charge in [-0.3, -0.25) is 9.88 Å². The smallest absolute Gasteiger partial charge is 0.420 e. The first-order valence-corrected chi connectivity index (χ1v) is 18.1. The molecule has 0 bridgehead atoms. The molecule has 0 saturated carbocycles. The van der Waals surface area contributed by atoms with E-state index in [2.05, 4.69) is 24.8 Å². The number of thiophene rings is 1. The number of nitrogens with two attached hydrogens (primary N) is 2. The van der Waals surface area contributed by atoms with Crippen LogP contribution >= 0.6 is 11.3 Å². The second-order valence-corrected chi connectivity index (χ2v) is 13.6. The van der Waals surface area contributed by atoms with Crippen LogP contribution in [0.3, 0.4) is 0 Å².